The molecule has 1 aliphatic rings. The molecule has 2 nitrogen and oxygen atoms in total. The lowest BCUT2D eigenvalue weighted by Crippen LogP contribution is -2.05. The number of aryl methyl sites for hydroxylation is 1. The molecule has 0 amide bonds. The van der Waals surface area contributed by atoms with Gasteiger partial charge in [0.05, 0.1) is 7.11 Å². The molecule has 2 rings (SSSR count). The first-order valence-corrected chi connectivity index (χ1v) is 5.36. The predicted molar refractivity (Wildman–Crippen MR) is 59.3 cm³/mol. The third-order valence-corrected chi connectivity index (χ3v) is 3.08. The van der Waals surface area contributed by atoms with Crippen LogP contribution in [0.3, 0.4) is 0 Å². The Morgan fingerprint density at radius 1 is 1.47 bits per heavy atom. The summed E-state index contributed by atoms with van der Waals surface area (Å²) in [7, 11) is 1.67. The Hall–Kier alpha value is -1.31. The van der Waals surface area contributed by atoms with Gasteiger partial charge in [-0.15, -0.1) is 0 Å². The summed E-state index contributed by atoms with van der Waals surface area (Å²) in [4.78, 5) is 11.1. The lowest BCUT2D eigenvalue weighted by atomic mass is 9.93. The maximum Gasteiger partial charge on any atom is 0.127 e. The maximum atomic E-state index is 11.1. The lowest BCUT2D eigenvalue weighted by Gasteiger charge is -2.15. The molecule has 1 fully saturated rings. The number of carbonyl (C=O) groups is 1. The molecular weight excluding hydrogens is 188 g/mol. The van der Waals surface area contributed by atoms with Gasteiger partial charge in [-0.2, -0.15) is 0 Å². The van der Waals surface area contributed by atoms with Gasteiger partial charge in [0.15, 0.2) is 0 Å². The number of benzene rings is 1. The van der Waals surface area contributed by atoms with Crippen molar-refractivity contribution in [2.75, 3.05) is 7.11 Å². The smallest absolute Gasteiger partial charge is 0.127 e. The molecule has 1 saturated carbocycles. The average Bonchev–Trinajstić information content (AvgIpc) is 3.04. The molecule has 1 aromatic rings. The van der Waals surface area contributed by atoms with Crippen LogP contribution < -0.4 is 4.74 Å². The first-order valence-electron chi connectivity index (χ1n) is 5.36. The van der Waals surface area contributed by atoms with E-state index in [0.29, 0.717) is 5.92 Å². The second-order valence-corrected chi connectivity index (χ2v) is 4.20. The topological polar surface area (TPSA) is 26.3 Å². The Morgan fingerprint density at radius 2 is 2.20 bits per heavy atom. The van der Waals surface area contributed by atoms with Crippen molar-refractivity contribution in [1.29, 1.82) is 0 Å². The van der Waals surface area contributed by atoms with Gasteiger partial charge in [0.25, 0.3) is 0 Å². The number of aldehydes is 1. The third-order valence-electron chi connectivity index (χ3n) is 3.08. The number of hydrogen-bond donors (Lipinski definition) is 0. The normalized spacial score (nSPS) is 17.2. The summed E-state index contributed by atoms with van der Waals surface area (Å²) in [5.74, 6) is 1.44. The van der Waals surface area contributed by atoms with Crippen LogP contribution in [0.5, 0.6) is 5.75 Å². The van der Waals surface area contributed by atoms with Gasteiger partial charge in [0, 0.05) is 11.5 Å². The largest absolute Gasteiger partial charge is 0.496 e. The van der Waals surface area contributed by atoms with Crippen molar-refractivity contribution in [3.8, 4) is 5.75 Å². The van der Waals surface area contributed by atoms with Crippen LogP contribution in [0.15, 0.2) is 18.2 Å². The Balaban J connectivity index is 2.40. The summed E-state index contributed by atoms with van der Waals surface area (Å²) in [5, 5.41) is 0. The van der Waals surface area contributed by atoms with Gasteiger partial charge >= 0.3 is 0 Å². The standard InChI is InChI=1S/C13H16O2/c1-9-4-3-5-11(13(9)15-2)12(8-14)10-6-7-10/h3-5,8,10,12H,6-7H2,1-2H3. The molecule has 15 heavy (non-hydrogen) atoms. The van der Waals surface area contributed by atoms with Crippen molar-refractivity contribution in [2.24, 2.45) is 5.92 Å². The zero-order valence-electron chi connectivity index (χ0n) is 9.19. The predicted octanol–water partition coefficient (Wildman–Crippen LogP) is 2.70. The molecule has 1 atom stereocenters. The summed E-state index contributed by atoms with van der Waals surface area (Å²) < 4.78 is 5.38. The molecule has 1 aromatic carbocycles. The van der Waals surface area contributed by atoms with Crippen molar-refractivity contribution < 1.29 is 9.53 Å². The highest BCUT2D eigenvalue weighted by Crippen LogP contribution is 2.44. The highest BCUT2D eigenvalue weighted by Gasteiger charge is 2.33. The number of rotatable bonds is 4. The van der Waals surface area contributed by atoms with Gasteiger partial charge < -0.3 is 9.53 Å². The van der Waals surface area contributed by atoms with E-state index in [1.165, 1.54) is 12.8 Å². The third kappa shape index (κ3) is 1.89. The van der Waals surface area contributed by atoms with Crippen LogP contribution in [0.4, 0.5) is 0 Å². The minimum Gasteiger partial charge on any atom is -0.496 e. The summed E-state index contributed by atoms with van der Waals surface area (Å²) in [5.41, 5.74) is 2.15. The zero-order valence-corrected chi connectivity index (χ0v) is 9.19. The van der Waals surface area contributed by atoms with E-state index in [0.717, 1.165) is 23.2 Å². The van der Waals surface area contributed by atoms with Crippen LogP contribution >= 0.6 is 0 Å². The number of para-hydroxylation sites is 1. The van der Waals surface area contributed by atoms with E-state index in [4.69, 9.17) is 4.74 Å². The Kier molecular flexibility index (Phi) is 2.76. The molecule has 0 radical (unpaired) electrons. The van der Waals surface area contributed by atoms with Crippen molar-refractivity contribution >= 4 is 6.29 Å². The highest BCUT2D eigenvalue weighted by molar-refractivity contribution is 5.66. The van der Waals surface area contributed by atoms with Gasteiger partial charge in [-0.1, -0.05) is 18.2 Å². The molecule has 1 aliphatic carbocycles. The van der Waals surface area contributed by atoms with E-state index in [-0.39, 0.29) is 5.92 Å². The van der Waals surface area contributed by atoms with Gasteiger partial charge in [-0.3, -0.25) is 0 Å². The minimum absolute atomic E-state index is 0.0276. The lowest BCUT2D eigenvalue weighted by molar-refractivity contribution is -0.109. The number of ether oxygens (including phenoxy) is 1. The maximum absolute atomic E-state index is 11.1. The van der Waals surface area contributed by atoms with Crippen molar-refractivity contribution in [2.45, 2.75) is 25.7 Å². The summed E-state index contributed by atoms with van der Waals surface area (Å²) >= 11 is 0. The Labute approximate surface area is 90.3 Å². The van der Waals surface area contributed by atoms with E-state index >= 15 is 0 Å². The number of carbonyl (C=O) groups excluding carboxylic acids is 1. The highest BCUT2D eigenvalue weighted by atomic mass is 16.5. The molecule has 0 N–H and O–H groups in total. The second-order valence-electron chi connectivity index (χ2n) is 4.20. The first kappa shape index (κ1) is 10.2. The second kappa shape index (κ2) is 4.05. The molecule has 0 heterocycles. The van der Waals surface area contributed by atoms with Crippen LogP contribution in [-0.2, 0) is 4.79 Å². The Bertz CT molecular complexity index is 367. The zero-order chi connectivity index (χ0) is 10.8. The fourth-order valence-electron chi connectivity index (χ4n) is 2.11. The molecule has 0 bridgehead atoms. The molecular formula is C13H16O2. The van der Waals surface area contributed by atoms with E-state index in [2.05, 4.69) is 0 Å². The van der Waals surface area contributed by atoms with E-state index in [9.17, 15) is 4.79 Å². The van der Waals surface area contributed by atoms with Crippen LogP contribution in [0, 0.1) is 12.8 Å². The minimum atomic E-state index is 0.0276. The van der Waals surface area contributed by atoms with Gasteiger partial charge in [-0.05, 0) is 31.2 Å². The molecule has 0 aromatic heterocycles. The molecule has 1 unspecified atom stereocenters. The van der Waals surface area contributed by atoms with Gasteiger partial charge in [0.1, 0.15) is 12.0 Å². The Morgan fingerprint density at radius 3 is 2.73 bits per heavy atom. The van der Waals surface area contributed by atoms with Crippen LogP contribution in [0.25, 0.3) is 0 Å². The SMILES string of the molecule is COc1c(C)cccc1C(C=O)C1CC1. The van der Waals surface area contributed by atoms with E-state index in [1.54, 1.807) is 7.11 Å². The number of hydrogen-bond acceptors (Lipinski definition) is 2. The molecule has 2 heteroatoms. The summed E-state index contributed by atoms with van der Waals surface area (Å²) in [6.07, 6.45) is 3.40. The van der Waals surface area contributed by atoms with Crippen molar-refractivity contribution in [1.82, 2.24) is 0 Å². The first-order chi connectivity index (χ1) is 7.27. The quantitative estimate of drug-likeness (QED) is 0.705. The van der Waals surface area contributed by atoms with E-state index < -0.39 is 0 Å². The van der Waals surface area contributed by atoms with Gasteiger partial charge in [-0.25, -0.2) is 0 Å². The van der Waals surface area contributed by atoms with Crippen molar-refractivity contribution in [3.05, 3.63) is 29.3 Å². The van der Waals surface area contributed by atoms with E-state index in [1.807, 2.05) is 25.1 Å². The fourth-order valence-corrected chi connectivity index (χ4v) is 2.11. The molecule has 0 saturated heterocycles. The molecule has 0 spiro atoms. The number of methoxy groups -OCH3 is 1. The van der Waals surface area contributed by atoms with Crippen LogP contribution in [0.2, 0.25) is 0 Å². The van der Waals surface area contributed by atoms with Crippen LogP contribution in [0.1, 0.15) is 29.9 Å². The molecule has 80 valence electrons. The molecule has 0 aliphatic heterocycles. The summed E-state index contributed by atoms with van der Waals surface area (Å²) in [6, 6.07) is 6.01. The average molecular weight is 204 g/mol. The van der Waals surface area contributed by atoms with Crippen molar-refractivity contribution in [3.63, 3.8) is 0 Å². The van der Waals surface area contributed by atoms with Gasteiger partial charge in [0.2, 0.25) is 0 Å². The monoisotopic (exact) mass is 204 g/mol. The summed E-state index contributed by atoms with van der Waals surface area (Å²) in [6.45, 7) is 2.01. The van der Waals surface area contributed by atoms with Crippen LogP contribution in [-0.4, -0.2) is 13.4 Å². The fraction of sp³-hybridized carbons (Fsp3) is 0.462.